The monoisotopic (exact) mass is 337 g/mol. The van der Waals surface area contributed by atoms with Crippen molar-refractivity contribution in [3.05, 3.63) is 63.9 Å². The second-order valence-corrected chi connectivity index (χ2v) is 5.84. The third-order valence-electron chi connectivity index (χ3n) is 2.83. The molecule has 0 aromatic heterocycles. The molecule has 0 amide bonds. The lowest BCUT2D eigenvalue weighted by atomic mass is 9.99. The number of hydrogen-bond acceptors (Lipinski definition) is 2. The van der Waals surface area contributed by atoms with Crippen molar-refractivity contribution in [2.45, 2.75) is 26.0 Å². The van der Waals surface area contributed by atoms with Crippen LogP contribution in [0.4, 0.5) is 4.39 Å². The zero-order valence-electron chi connectivity index (χ0n) is 11.4. The molecular formula is C16H17BrFNO. The van der Waals surface area contributed by atoms with Crippen molar-refractivity contribution < 1.29 is 9.13 Å². The highest BCUT2D eigenvalue weighted by Crippen LogP contribution is 2.26. The van der Waals surface area contributed by atoms with E-state index in [0.29, 0.717) is 4.47 Å². The minimum atomic E-state index is -0.391. The summed E-state index contributed by atoms with van der Waals surface area (Å²) in [5, 5.41) is 0. The summed E-state index contributed by atoms with van der Waals surface area (Å²) in [5.74, 6) is 0.461. The Kier molecular flexibility index (Phi) is 4.78. The standard InChI is InChI=1S/C16H17BrFNO/c1-10(2)20-15-5-3-4-11(8-15)16(19)12-6-13(17)9-14(18)7-12/h3-10,16H,19H2,1-2H3. The molecule has 2 nitrogen and oxygen atoms in total. The lowest BCUT2D eigenvalue weighted by Crippen LogP contribution is -2.13. The van der Waals surface area contributed by atoms with Crippen LogP contribution in [-0.2, 0) is 0 Å². The Hall–Kier alpha value is -1.39. The van der Waals surface area contributed by atoms with E-state index in [1.165, 1.54) is 12.1 Å². The molecule has 0 spiro atoms. The minimum absolute atomic E-state index is 0.102. The van der Waals surface area contributed by atoms with E-state index in [9.17, 15) is 4.39 Å². The first-order valence-electron chi connectivity index (χ1n) is 6.44. The highest BCUT2D eigenvalue weighted by atomic mass is 79.9. The van der Waals surface area contributed by atoms with Gasteiger partial charge in [-0.05, 0) is 55.3 Å². The van der Waals surface area contributed by atoms with Crippen LogP contribution in [-0.4, -0.2) is 6.10 Å². The van der Waals surface area contributed by atoms with E-state index in [0.717, 1.165) is 16.9 Å². The van der Waals surface area contributed by atoms with Crippen LogP contribution in [0.25, 0.3) is 0 Å². The van der Waals surface area contributed by atoms with Crippen LogP contribution in [0.5, 0.6) is 5.75 Å². The Morgan fingerprint density at radius 3 is 2.50 bits per heavy atom. The number of ether oxygens (including phenoxy) is 1. The van der Waals surface area contributed by atoms with Crippen LogP contribution >= 0.6 is 15.9 Å². The smallest absolute Gasteiger partial charge is 0.124 e. The predicted molar refractivity (Wildman–Crippen MR) is 82.3 cm³/mol. The van der Waals surface area contributed by atoms with Crippen molar-refractivity contribution in [3.63, 3.8) is 0 Å². The van der Waals surface area contributed by atoms with E-state index in [1.807, 2.05) is 44.2 Å². The SMILES string of the molecule is CC(C)Oc1cccc(C(N)c2cc(F)cc(Br)c2)c1. The highest BCUT2D eigenvalue weighted by molar-refractivity contribution is 9.10. The fourth-order valence-electron chi connectivity index (χ4n) is 2.00. The molecule has 0 bridgehead atoms. The number of hydrogen-bond donors (Lipinski definition) is 1. The molecule has 4 heteroatoms. The Morgan fingerprint density at radius 2 is 1.85 bits per heavy atom. The molecule has 2 rings (SSSR count). The average Bonchev–Trinajstić information content (AvgIpc) is 2.36. The maximum absolute atomic E-state index is 13.4. The fourth-order valence-corrected chi connectivity index (χ4v) is 2.48. The molecule has 20 heavy (non-hydrogen) atoms. The van der Waals surface area contributed by atoms with Gasteiger partial charge < -0.3 is 10.5 Å². The summed E-state index contributed by atoms with van der Waals surface area (Å²) in [6.07, 6.45) is 0.102. The zero-order chi connectivity index (χ0) is 14.7. The summed E-state index contributed by atoms with van der Waals surface area (Å²) >= 11 is 3.28. The molecule has 0 saturated carbocycles. The summed E-state index contributed by atoms with van der Waals surface area (Å²) in [7, 11) is 0. The van der Waals surface area contributed by atoms with E-state index >= 15 is 0 Å². The van der Waals surface area contributed by atoms with Gasteiger partial charge in [-0.15, -0.1) is 0 Å². The van der Waals surface area contributed by atoms with Gasteiger partial charge in [0.15, 0.2) is 0 Å². The van der Waals surface area contributed by atoms with E-state index in [2.05, 4.69) is 15.9 Å². The first-order valence-corrected chi connectivity index (χ1v) is 7.23. The van der Waals surface area contributed by atoms with Gasteiger partial charge in [-0.25, -0.2) is 4.39 Å². The van der Waals surface area contributed by atoms with Gasteiger partial charge >= 0.3 is 0 Å². The molecule has 0 fully saturated rings. The van der Waals surface area contributed by atoms with Crippen molar-refractivity contribution in [3.8, 4) is 5.75 Å². The van der Waals surface area contributed by atoms with Crippen molar-refractivity contribution in [2.75, 3.05) is 0 Å². The summed E-state index contributed by atoms with van der Waals surface area (Å²) < 4.78 is 19.8. The largest absolute Gasteiger partial charge is 0.491 e. The molecule has 1 atom stereocenters. The normalized spacial score (nSPS) is 12.5. The highest BCUT2D eigenvalue weighted by Gasteiger charge is 2.12. The molecule has 0 aliphatic rings. The summed E-state index contributed by atoms with van der Waals surface area (Å²) in [6.45, 7) is 3.94. The molecular weight excluding hydrogens is 321 g/mol. The lowest BCUT2D eigenvalue weighted by molar-refractivity contribution is 0.242. The molecule has 0 saturated heterocycles. The number of benzene rings is 2. The molecule has 1 unspecified atom stereocenters. The summed E-state index contributed by atoms with van der Waals surface area (Å²) in [4.78, 5) is 0. The lowest BCUT2D eigenvalue weighted by Gasteiger charge is -2.16. The van der Waals surface area contributed by atoms with E-state index in [1.54, 1.807) is 0 Å². The van der Waals surface area contributed by atoms with E-state index in [-0.39, 0.29) is 11.9 Å². The van der Waals surface area contributed by atoms with Crippen molar-refractivity contribution in [1.29, 1.82) is 0 Å². The number of rotatable bonds is 4. The van der Waals surface area contributed by atoms with Gasteiger partial charge in [-0.1, -0.05) is 28.1 Å². The molecule has 2 aromatic rings. The van der Waals surface area contributed by atoms with Crippen molar-refractivity contribution in [1.82, 2.24) is 0 Å². The maximum Gasteiger partial charge on any atom is 0.124 e. The Morgan fingerprint density at radius 1 is 1.10 bits per heavy atom. The van der Waals surface area contributed by atoms with Crippen LogP contribution in [0.1, 0.15) is 31.0 Å². The van der Waals surface area contributed by atoms with Crippen LogP contribution in [0.3, 0.4) is 0 Å². The molecule has 0 aliphatic carbocycles. The van der Waals surface area contributed by atoms with Crippen molar-refractivity contribution in [2.24, 2.45) is 5.73 Å². The van der Waals surface area contributed by atoms with Gasteiger partial charge in [0.05, 0.1) is 12.1 Å². The zero-order valence-corrected chi connectivity index (χ0v) is 13.0. The second kappa shape index (κ2) is 6.37. The molecule has 2 N–H and O–H groups in total. The quantitative estimate of drug-likeness (QED) is 0.895. The Bertz CT molecular complexity index is 581. The van der Waals surface area contributed by atoms with Crippen LogP contribution in [0.15, 0.2) is 46.9 Å². The van der Waals surface area contributed by atoms with Crippen LogP contribution < -0.4 is 10.5 Å². The van der Waals surface area contributed by atoms with Gasteiger partial charge in [0, 0.05) is 4.47 Å². The Labute approximate surface area is 126 Å². The molecule has 0 aliphatic heterocycles. The predicted octanol–water partition coefficient (Wildman–Crippen LogP) is 4.42. The average molecular weight is 338 g/mol. The second-order valence-electron chi connectivity index (χ2n) is 4.92. The van der Waals surface area contributed by atoms with Gasteiger partial charge in [-0.3, -0.25) is 0 Å². The molecule has 0 heterocycles. The Balaban J connectivity index is 2.30. The fraction of sp³-hybridized carbons (Fsp3) is 0.250. The van der Waals surface area contributed by atoms with Crippen molar-refractivity contribution >= 4 is 15.9 Å². The first kappa shape index (κ1) is 15.0. The maximum atomic E-state index is 13.4. The van der Waals surface area contributed by atoms with E-state index < -0.39 is 6.04 Å². The summed E-state index contributed by atoms with van der Waals surface area (Å²) in [5.41, 5.74) is 7.82. The third-order valence-corrected chi connectivity index (χ3v) is 3.29. The minimum Gasteiger partial charge on any atom is -0.491 e. The van der Waals surface area contributed by atoms with Crippen LogP contribution in [0, 0.1) is 5.82 Å². The number of halogens is 2. The van der Waals surface area contributed by atoms with Gasteiger partial charge in [-0.2, -0.15) is 0 Å². The van der Waals surface area contributed by atoms with E-state index in [4.69, 9.17) is 10.5 Å². The molecule has 0 radical (unpaired) electrons. The number of nitrogens with two attached hydrogens (primary N) is 1. The molecule has 2 aromatic carbocycles. The van der Waals surface area contributed by atoms with Gasteiger partial charge in [0.1, 0.15) is 11.6 Å². The van der Waals surface area contributed by atoms with Gasteiger partial charge in [0.2, 0.25) is 0 Å². The topological polar surface area (TPSA) is 35.2 Å². The van der Waals surface area contributed by atoms with Gasteiger partial charge in [0.25, 0.3) is 0 Å². The third kappa shape index (κ3) is 3.81. The molecule has 106 valence electrons. The first-order chi connectivity index (χ1) is 9.45. The summed E-state index contributed by atoms with van der Waals surface area (Å²) in [6, 6.07) is 11.9. The van der Waals surface area contributed by atoms with Crippen LogP contribution in [0.2, 0.25) is 0 Å².